The van der Waals surface area contributed by atoms with E-state index in [2.05, 4.69) is 9.72 Å². The van der Waals surface area contributed by atoms with Gasteiger partial charge in [-0.25, -0.2) is 4.79 Å². The van der Waals surface area contributed by atoms with E-state index < -0.39 is 0 Å². The zero-order chi connectivity index (χ0) is 10.9. The normalized spacial score (nSPS) is 9.93. The summed E-state index contributed by atoms with van der Waals surface area (Å²) in [4.78, 5) is 14.9. The van der Waals surface area contributed by atoms with Crippen LogP contribution in [0.3, 0.4) is 0 Å². The number of pyridine rings is 1. The van der Waals surface area contributed by atoms with Crippen molar-refractivity contribution in [3.63, 3.8) is 0 Å². The van der Waals surface area contributed by atoms with E-state index in [1.54, 1.807) is 6.20 Å². The molecule has 4 nitrogen and oxygen atoms in total. The van der Waals surface area contributed by atoms with Crippen LogP contribution < -0.4 is 0 Å². The fourth-order valence-electron chi connectivity index (χ4n) is 1.17. The molecule has 0 amide bonds. The SMILES string of the molecule is COCC(=O)OCCCc1cccnc1. The maximum Gasteiger partial charge on any atom is 0.332 e. The maximum atomic E-state index is 10.9. The summed E-state index contributed by atoms with van der Waals surface area (Å²) in [6, 6.07) is 3.90. The molecule has 0 atom stereocenters. The fraction of sp³-hybridized carbons (Fsp3) is 0.455. The first-order valence-electron chi connectivity index (χ1n) is 4.86. The molecule has 1 aromatic heterocycles. The van der Waals surface area contributed by atoms with Gasteiger partial charge in [0.2, 0.25) is 0 Å². The quantitative estimate of drug-likeness (QED) is 0.522. The largest absolute Gasteiger partial charge is 0.464 e. The van der Waals surface area contributed by atoms with Crippen LogP contribution in [0.2, 0.25) is 0 Å². The van der Waals surface area contributed by atoms with Gasteiger partial charge in [-0.1, -0.05) is 6.07 Å². The highest BCUT2D eigenvalue weighted by atomic mass is 16.6. The number of hydrogen-bond acceptors (Lipinski definition) is 4. The minimum Gasteiger partial charge on any atom is -0.464 e. The van der Waals surface area contributed by atoms with Gasteiger partial charge in [0.05, 0.1) is 6.61 Å². The minimum atomic E-state index is -0.316. The predicted octanol–water partition coefficient (Wildman–Crippen LogP) is 1.20. The highest BCUT2D eigenvalue weighted by Gasteiger charge is 2.00. The van der Waals surface area contributed by atoms with E-state index in [0.29, 0.717) is 6.61 Å². The number of aromatic nitrogens is 1. The standard InChI is InChI=1S/C11H15NO3/c1-14-9-11(13)15-7-3-5-10-4-2-6-12-8-10/h2,4,6,8H,3,5,7,9H2,1H3. The number of methoxy groups -OCH3 is 1. The van der Waals surface area contributed by atoms with Gasteiger partial charge < -0.3 is 9.47 Å². The lowest BCUT2D eigenvalue weighted by molar-refractivity contribution is -0.147. The fourth-order valence-corrected chi connectivity index (χ4v) is 1.17. The van der Waals surface area contributed by atoms with Crippen LogP contribution in [0.1, 0.15) is 12.0 Å². The van der Waals surface area contributed by atoms with Gasteiger partial charge in [0.1, 0.15) is 6.61 Å². The van der Waals surface area contributed by atoms with E-state index in [9.17, 15) is 4.79 Å². The van der Waals surface area contributed by atoms with E-state index in [4.69, 9.17) is 4.74 Å². The summed E-state index contributed by atoms with van der Waals surface area (Å²) in [5.74, 6) is -0.316. The summed E-state index contributed by atoms with van der Waals surface area (Å²) in [6.45, 7) is 0.448. The van der Waals surface area contributed by atoms with Gasteiger partial charge in [0, 0.05) is 19.5 Å². The lowest BCUT2D eigenvalue weighted by Crippen LogP contribution is -2.12. The molecular weight excluding hydrogens is 194 g/mol. The van der Waals surface area contributed by atoms with Crippen LogP contribution in [0.5, 0.6) is 0 Å². The molecule has 0 N–H and O–H groups in total. The Morgan fingerprint density at radius 1 is 1.53 bits per heavy atom. The third-order valence-electron chi connectivity index (χ3n) is 1.86. The summed E-state index contributed by atoms with van der Waals surface area (Å²) < 4.78 is 9.55. The molecule has 0 bridgehead atoms. The van der Waals surface area contributed by atoms with Gasteiger partial charge >= 0.3 is 5.97 Å². The van der Waals surface area contributed by atoms with E-state index in [1.807, 2.05) is 18.3 Å². The number of esters is 1. The number of ether oxygens (including phenoxy) is 2. The lowest BCUT2D eigenvalue weighted by Gasteiger charge is -2.03. The van der Waals surface area contributed by atoms with Crippen molar-refractivity contribution in [3.05, 3.63) is 30.1 Å². The Morgan fingerprint density at radius 2 is 2.40 bits per heavy atom. The van der Waals surface area contributed by atoms with Crippen molar-refractivity contribution < 1.29 is 14.3 Å². The van der Waals surface area contributed by atoms with Crippen molar-refractivity contribution in [2.24, 2.45) is 0 Å². The molecule has 0 aliphatic heterocycles. The molecule has 0 spiro atoms. The smallest absolute Gasteiger partial charge is 0.332 e. The number of aryl methyl sites for hydroxylation is 1. The lowest BCUT2D eigenvalue weighted by atomic mass is 10.2. The molecule has 0 saturated carbocycles. The van der Waals surface area contributed by atoms with Crippen molar-refractivity contribution in [1.29, 1.82) is 0 Å². The Bertz CT molecular complexity index is 287. The highest BCUT2D eigenvalue weighted by molar-refractivity contribution is 5.70. The maximum absolute atomic E-state index is 10.9. The number of carbonyl (C=O) groups is 1. The Kier molecular flexibility index (Phi) is 5.40. The van der Waals surface area contributed by atoms with Crippen LogP contribution in [0.4, 0.5) is 0 Å². The van der Waals surface area contributed by atoms with Crippen LogP contribution in [-0.4, -0.2) is 31.3 Å². The molecule has 1 heterocycles. The number of nitrogens with zero attached hydrogens (tertiary/aromatic N) is 1. The van der Waals surface area contributed by atoms with Crippen LogP contribution in [-0.2, 0) is 20.7 Å². The molecule has 0 aromatic carbocycles. The number of rotatable bonds is 6. The molecule has 4 heteroatoms. The Morgan fingerprint density at radius 3 is 3.07 bits per heavy atom. The van der Waals surface area contributed by atoms with E-state index in [-0.39, 0.29) is 12.6 Å². The molecule has 15 heavy (non-hydrogen) atoms. The molecule has 0 unspecified atom stereocenters. The van der Waals surface area contributed by atoms with Crippen molar-refractivity contribution in [3.8, 4) is 0 Å². The summed E-state index contributed by atoms with van der Waals surface area (Å²) in [5.41, 5.74) is 1.15. The van der Waals surface area contributed by atoms with Gasteiger partial charge in [-0.05, 0) is 24.5 Å². The number of carbonyl (C=O) groups excluding carboxylic acids is 1. The first-order valence-corrected chi connectivity index (χ1v) is 4.86. The van der Waals surface area contributed by atoms with Crippen LogP contribution in [0, 0.1) is 0 Å². The van der Waals surface area contributed by atoms with Gasteiger partial charge in [-0.3, -0.25) is 4.98 Å². The zero-order valence-corrected chi connectivity index (χ0v) is 8.81. The van der Waals surface area contributed by atoms with Crippen molar-refractivity contribution in [1.82, 2.24) is 4.98 Å². The zero-order valence-electron chi connectivity index (χ0n) is 8.81. The second kappa shape index (κ2) is 6.95. The van der Waals surface area contributed by atoms with E-state index in [1.165, 1.54) is 7.11 Å². The average Bonchev–Trinajstić information content (AvgIpc) is 2.26. The third kappa shape index (κ3) is 5.12. The van der Waals surface area contributed by atoms with Gasteiger partial charge in [0.15, 0.2) is 0 Å². The van der Waals surface area contributed by atoms with E-state index in [0.717, 1.165) is 18.4 Å². The molecule has 0 aliphatic rings. The Hall–Kier alpha value is -1.42. The van der Waals surface area contributed by atoms with Gasteiger partial charge in [-0.2, -0.15) is 0 Å². The van der Waals surface area contributed by atoms with Crippen molar-refractivity contribution in [2.75, 3.05) is 20.3 Å². The minimum absolute atomic E-state index is 0.0207. The van der Waals surface area contributed by atoms with Crippen LogP contribution in [0.25, 0.3) is 0 Å². The Balaban J connectivity index is 2.10. The molecule has 1 rings (SSSR count). The molecule has 0 fully saturated rings. The van der Waals surface area contributed by atoms with Gasteiger partial charge in [-0.15, -0.1) is 0 Å². The monoisotopic (exact) mass is 209 g/mol. The Labute approximate surface area is 89.2 Å². The van der Waals surface area contributed by atoms with Crippen molar-refractivity contribution in [2.45, 2.75) is 12.8 Å². The summed E-state index contributed by atoms with van der Waals surface area (Å²) >= 11 is 0. The second-order valence-electron chi connectivity index (χ2n) is 3.12. The first-order chi connectivity index (χ1) is 7.33. The highest BCUT2D eigenvalue weighted by Crippen LogP contribution is 2.00. The first kappa shape index (κ1) is 11.7. The molecule has 0 radical (unpaired) electrons. The molecule has 0 saturated heterocycles. The summed E-state index contributed by atoms with van der Waals surface area (Å²) in [5, 5.41) is 0. The van der Waals surface area contributed by atoms with Crippen LogP contribution in [0.15, 0.2) is 24.5 Å². The molecule has 82 valence electrons. The molecular formula is C11H15NO3. The van der Waals surface area contributed by atoms with Crippen molar-refractivity contribution >= 4 is 5.97 Å². The van der Waals surface area contributed by atoms with Gasteiger partial charge in [0.25, 0.3) is 0 Å². The van der Waals surface area contributed by atoms with Crippen LogP contribution >= 0.6 is 0 Å². The second-order valence-corrected chi connectivity index (χ2v) is 3.12. The number of hydrogen-bond donors (Lipinski definition) is 0. The topological polar surface area (TPSA) is 48.4 Å². The summed E-state index contributed by atoms with van der Waals surface area (Å²) in [7, 11) is 1.47. The van der Waals surface area contributed by atoms with E-state index >= 15 is 0 Å². The molecule has 1 aromatic rings. The third-order valence-corrected chi connectivity index (χ3v) is 1.86. The molecule has 0 aliphatic carbocycles. The average molecular weight is 209 g/mol. The summed E-state index contributed by atoms with van der Waals surface area (Å²) in [6.07, 6.45) is 5.23. The predicted molar refractivity (Wildman–Crippen MR) is 55.4 cm³/mol.